The Labute approximate surface area is 173 Å². The number of carbonyl (C=O) groups excluding carboxylic acids is 2. The van der Waals surface area contributed by atoms with Gasteiger partial charge >= 0.3 is 12.1 Å². The van der Waals surface area contributed by atoms with Crippen LogP contribution in [0.1, 0.15) is 30.4 Å². The molecule has 1 unspecified atom stereocenters. The number of amides is 2. The van der Waals surface area contributed by atoms with Crippen LogP contribution in [0.4, 0.5) is 4.79 Å². The van der Waals surface area contributed by atoms with Crippen molar-refractivity contribution in [2.24, 2.45) is 0 Å². The van der Waals surface area contributed by atoms with E-state index in [1.807, 2.05) is 48.5 Å². The van der Waals surface area contributed by atoms with E-state index in [0.717, 1.165) is 22.3 Å². The zero-order valence-corrected chi connectivity index (χ0v) is 16.5. The van der Waals surface area contributed by atoms with Crippen LogP contribution in [-0.4, -0.2) is 53.5 Å². The van der Waals surface area contributed by atoms with E-state index in [-0.39, 0.29) is 19.1 Å². The zero-order valence-electron chi connectivity index (χ0n) is 16.5. The molecule has 2 aromatic rings. The van der Waals surface area contributed by atoms with Crippen LogP contribution >= 0.6 is 0 Å². The van der Waals surface area contributed by atoms with Gasteiger partial charge in [0.2, 0.25) is 5.91 Å². The second-order valence-electron chi connectivity index (χ2n) is 7.21. The molecule has 0 saturated carbocycles. The van der Waals surface area contributed by atoms with Gasteiger partial charge < -0.3 is 25.6 Å². The monoisotopic (exact) mass is 412 g/mol. The molecule has 0 aliphatic heterocycles. The predicted octanol–water partition coefficient (Wildman–Crippen LogP) is 1.87. The molecule has 4 N–H and O–H groups in total. The highest BCUT2D eigenvalue weighted by atomic mass is 16.5. The Hall–Kier alpha value is -3.39. The molecule has 8 heteroatoms. The number of aliphatic carboxylic acids is 1. The minimum absolute atomic E-state index is 0.0505. The first kappa shape index (κ1) is 21.3. The predicted molar refractivity (Wildman–Crippen MR) is 109 cm³/mol. The van der Waals surface area contributed by atoms with Crippen LogP contribution in [0.3, 0.4) is 0 Å². The lowest BCUT2D eigenvalue weighted by atomic mass is 9.98. The maximum Gasteiger partial charge on any atom is 0.407 e. The van der Waals surface area contributed by atoms with Gasteiger partial charge in [0.05, 0.1) is 12.5 Å². The van der Waals surface area contributed by atoms with Crippen molar-refractivity contribution in [2.75, 3.05) is 13.2 Å². The van der Waals surface area contributed by atoms with Gasteiger partial charge in [-0.25, -0.2) is 4.79 Å². The van der Waals surface area contributed by atoms with E-state index in [1.54, 1.807) is 0 Å². The Morgan fingerprint density at radius 1 is 1.03 bits per heavy atom. The average Bonchev–Trinajstić information content (AvgIpc) is 3.03. The Bertz CT molecular complexity index is 897. The molecule has 30 heavy (non-hydrogen) atoms. The zero-order chi connectivity index (χ0) is 21.7. The first-order valence-electron chi connectivity index (χ1n) is 9.66. The fraction of sp³-hybridized carbons (Fsp3) is 0.318. The van der Waals surface area contributed by atoms with E-state index >= 15 is 0 Å². The molecule has 2 amide bonds. The number of aliphatic hydroxyl groups is 1. The second-order valence-corrected chi connectivity index (χ2v) is 7.21. The van der Waals surface area contributed by atoms with Crippen molar-refractivity contribution in [3.63, 3.8) is 0 Å². The third-order valence-electron chi connectivity index (χ3n) is 4.90. The summed E-state index contributed by atoms with van der Waals surface area (Å²) in [4.78, 5) is 35.5. The number of carboxylic acid groups (broad SMARTS) is 1. The van der Waals surface area contributed by atoms with Gasteiger partial charge in [-0.3, -0.25) is 9.59 Å². The van der Waals surface area contributed by atoms with Crippen LogP contribution in [-0.2, 0) is 14.3 Å². The number of hydrogen-bond acceptors (Lipinski definition) is 5. The molecule has 0 aromatic heterocycles. The third-order valence-corrected chi connectivity index (χ3v) is 4.90. The average molecular weight is 412 g/mol. The maximum absolute atomic E-state index is 12.3. The van der Waals surface area contributed by atoms with Gasteiger partial charge in [0.1, 0.15) is 12.6 Å². The summed E-state index contributed by atoms with van der Waals surface area (Å²) in [5, 5.41) is 23.0. The lowest BCUT2D eigenvalue weighted by Crippen LogP contribution is -2.49. The normalized spacial score (nSPS) is 14.2. The van der Waals surface area contributed by atoms with Crippen LogP contribution in [0.5, 0.6) is 0 Å². The smallest absolute Gasteiger partial charge is 0.407 e. The van der Waals surface area contributed by atoms with Crippen LogP contribution < -0.4 is 10.6 Å². The van der Waals surface area contributed by atoms with Gasteiger partial charge in [0, 0.05) is 12.5 Å². The van der Waals surface area contributed by atoms with Crippen LogP contribution in [0.15, 0.2) is 48.5 Å². The van der Waals surface area contributed by atoms with Crippen molar-refractivity contribution in [1.29, 1.82) is 0 Å². The Morgan fingerprint density at radius 2 is 1.60 bits per heavy atom. The fourth-order valence-electron chi connectivity index (χ4n) is 3.54. The van der Waals surface area contributed by atoms with Gasteiger partial charge in [0.15, 0.2) is 0 Å². The van der Waals surface area contributed by atoms with Gasteiger partial charge in [0.25, 0.3) is 0 Å². The maximum atomic E-state index is 12.3. The molecule has 8 nitrogen and oxygen atoms in total. The molecule has 0 spiro atoms. The molecule has 0 bridgehead atoms. The highest BCUT2D eigenvalue weighted by molar-refractivity contribution is 5.89. The van der Waals surface area contributed by atoms with Gasteiger partial charge in [-0.05, 0) is 29.2 Å². The Morgan fingerprint density at radius 3 is 2.13 bits per heavy atom. The Kier molecular flexibility index (Phi) is 6.68. The van der Waals surface area contributed by atoms with Crippen molar-refractivity contribution in [2.45, 2.75) is 31.4 Å². The number of aliphatic hydroxyl groups excluding tert-OH is 1. The summed E-state index contributed by atoms with van der Waals surface area (Å²) in [5.41, 5.74) is 4.26. The van der Waals surface area contributed by atoms with E-state index < -0.39 is 36.5 Å². The molecular weight excluding hydrogens is 388 g/mol. The van der Waals surface area contributed by atoms with Crippen LogP contribution in [0, 0.1) is 0 Å². The van der Waals surface area contributed by atoms with E-state index in [4.69, 9.17) is 9.84 Å². The summed E-state index contributed by atoms with van der Waals surface area (Å²) in [6.45, 7) is 1.47. The number of nitrogens with one attached hydrogen (secondary N) is 2. The molecule has 2 aromatic carbocycles. The number of benzene rings is 2. The summed E-state index contributed by atoms with van der Waals surface area (Å²) >= 11 is 0. The minimum Gasteiger partial charge on any atom is -0.481 e. The standard InChI is InChI=1S/C22H24N2O6/c1-13(25)11-23-21(28)19(10-20(26)27)24-22(29)30-12-18-16-8-4-2-6-14(16)15-7-3-5-9-17(15)18/h2-9,13,18-19,25H,10-12H2,1H3,(H,23,28)(H,24,29)(H,26,27)/t13-,19?/m1/s1. The first-order chi connectivity index (χ1) is 14.4. The number of hydrogen-bond donors (Lipinski definition) is 4. The largest absolute Gasteiger partial charge is 0.481 e. The molecule has 0 heterocycles. The van der Waals surface area contributed by atoms with Crippen molar-refractivity contribution >= 4 is 18.0 Å². The van der Waals surface area contributed by atoms with Crippen molar-refractivity contribution < 1.29 is 29.3 Å². The number of carbonyl (C=O) groups is 3. The van der Waals surface area contributed by atoms with Crippen LogP contribution in [0.2, 0.25) is 0 Å². The second kappa shape index (κ2) is 9.41. The molecule has 1 aliphatic carbocycles. The number of alkyl carbamates (subject to hydrolysis) is 1. The molecular formula is C22H24N2O6. The van der Waals surface area contributed by atoms with Crippen LogP contribution in [0.25, 0.3) is 11.1 Å². The third kappa shape index (κ3) is 4.96. The van der Waals surface area contributed by atoms with Crippen molar-refractivity contribution in [3.05, 3.63) is 59.7 Å². The SMILES string of the molecule is C[C@@H](O)CNC(=O)C(CC(=O)O)NC(=O)OCC1c2ccccc2-c2ccccc21. The lowest BCUT2D eigenvalue weighted by Gasteiger charge is -2.19. The minimum atomic E-state index is -1.31. The molecule has 1 aliphatic rings. The molecule has 158 valence electrons. The van der Waals surface area contributed by atoms with Crippen molar-refractivity contribution in [1.82, 2.24) is 10.6 Å². The number of fused-ring (bicyclic) bond motifs is 3. The molecule has 0 saturated heterocycles. The van der Waals surface area contributed by atoms with E-state index in [1.165, 1.54) is 6.92 Å². The first-order valence-corrected chi connectivity index (χ1v) is 9.66. The fourth-order valence-corrected chi connectivity index (χ4v) is 3.54. The van der Waals surface area contributed by atoms with Gasteiger partial charge in [-0.1, -0.05) is 48.5 Å². The number of rotatable bonds is 8. The highest BCUT2D eigenvalue weighted by Gasteiger charge is 2.30. The molecule has 0 fully saturated rings. The summed E-state index contributed by atoms with van der Waals surface area (Å²) in [7, 11) is 0. The lowest BCUT2D eigenvalue weighted by molar-refractivity contribution is -0.139. The van der Waals surface area contributed by atoms with E-state index in [0.29, 0.717) is 0 Å². The van der Waals surface area contributed by atoms with Crippen molar-refractivity contribution in [3.8, 4) is 11.1 Å². The van der Waals surface area contributed by atoms with Gasteiger partial charge in [-0.15, -0.1) is 0 Å². The quantitative estimate of drug-likeness (QED) is 0.525. The van der Waals surface area contributed by atoms with E-state index in [9.17, 15) is 19.5 Å². The summed E-state index contributed by atoms with van der Waals surface area (Å²) in [5.74, 6) is -2.09. The number of ether oxygens (including phenoxy) is 1. The van der Waals surface area contributed by atoms with Gasteiger partial charge in [-0.2, -0.15) is 0 Å². The Balaban J connectivity index is 1.65. The summed E-state index contributed by atoms with van der Waals surface area (Å²) in [6.07, 6.45) is -2.28. The summed E-state index contributed by atoms with van der Waals surface area (Å²) in [6, 6.07) is 14.4. The topological polar surface area (TPSA) is 125 Å². The van der Waals surface area contributed by atoms with E-state index in [2.05, 4.69) is 10.6 Å². The molecule has 0 radical (unpaired) electrons. The summed E-state index contributed by atoms with van der Waals surface area (Å²) < 4.78 is 5.36. The highest BCUT2D eigenvalue weighted by Crippen LogP contribution is 2.44. The molecule has 2 atom stereocenters. The number of carboxylic acids is 1. The molecule has 3 rings (SSSR count).